The van der Waals surface area contributed by atoms with Gasteiger partial charge in [0.15, 0.2) is 11.3 Å². The lowest BCUT2D eigenvalue weighted by Crippen LogP contribution is -2.53. The van der Waals surface area contributed by atoms with Crippen LogP contribution in [0.2, 0.25) is 0 Å². The number of rotatable bonds is 11. The Bertz CT molecular complexity index is 654. The highest BCUT2D eigenvalue weighted by Crippen LogP contribution is 2.21. The normalized spacial score (nSPS) is 20.4. The smallest absolute Gasteiger partial charge is 0.226 e. The molecule has 0 fully saturated rings. The van der Waals surface area contributed by atoms with Crippen LogP contribution >= 0.6 is 0 Å². The van der Waals surface area contributed by atoms with Gasteiger partial charge in [0, 0.05) is 0 Å². The molecule has 0 saturated heterocycles. The summed E-state index contributed by atoms with van der Waals surface area (Å²) < 4.78 is 0. The number of unbranched alkanes of at least 4 members (excludes halogenated alkanes) is 5. The number of hydrogen-bond donors (Lipinski definition) is 4. The molecule has 0 bridgehead atoms. The predicted octanol–water partition coefficient (Wildman–Crippen LogP) is 0.552. The number of nitrogens with two attached hydrogens (primary N) is 4. The minimum atomic E-state index is -0.663. The zero-order chi connectivity index (χ0) is 22.4. The summed E-state index contributed by atoms with van der Waals surface area (Å²) in [6, 6.07) is 0. The molecular formula is C18H36N10O2. The first kappa shape index (κ1) is 23.7. The molecule has 30 heavy (non-hydrogen) atoms. The van der Waals surface area contributed by atoms with Gasteiger partial charge >= 0.3 is 0 Å². The predicted molar refractivity (Wildman–Crippen MR) is 118 cm³/mol. The number of hydroxylamine groups is 4. The fourth-order valence-electron chi connectivity index (χ4n) is 3.26. The summed E-state index contributed by atoms with van der Waals surface area (Å²) in [4.78, 5) is 27.9. The molecule has 0 aliphatic carbocycles. The average molecular weight is 425 g/mol. The van der Waals surface area contributed by atoms with Crippen LogP contribution in [0.4, 0.5) is 0 Å². The number of nitrogens with zero attached hydrogens (tertiary/aromatic N) is 6. The van der Waals surface area contributed by atoms with Crippen LogP contribution < -0.4 is 22.9 Å². The van der Waals surface area contributed by atoms with E-state index in [0.717, 1.165) is 38.5 Å². The quantitative estimate of drug-likeness (QED) is 0.347. The van der Waals surface area contributed by atoms with Gasteiger partial charge in [-0.25, -0.2) is 9.98 Å². The van der Waals surface area contributed by atoms with E-state index in [1.165, 1.54) is 10.1 Å². The molecule has 0 aromatic rings. The molecule has 12 heteroatoms. The van der Waals surface area contributed by atoms with Gasteiger partial charge in [0.1, 0.15) is 0 Å². The molecule has 2 rings (SSSR count). The zero-order valence-electron chi connectivity index (χ0n) is 18.5. The fourth-order valence-corrected chi connectivity index (χ4v) is 3.26. The summed E-state index contributed by atoms with van der Waals surface area (Å²) in [5.41, 5.74) is 21.7. The molecule has 0 saturated carbocycles. The van der Waals surface area contributed by atoms with Crippen LogP contribution in [0, 0.1) is 0 Å². The summed E-state index contributed by atoms with van der Waals surface area (Å²) >= 11 is 0. The molecule has 0 aromatic heterocycles. The second-order valence-corrected chi connectivity index (χ2v) is 8.25. The van der Waals surface area contributed by atoms with E-state index in [1.807, 2.05) is 27.7 Å². The van der Waals surface area contributed by atoms with E-state index in [0.29, 0.717) is 13.2 Å². The second-order valence-electron chi connectivity index (χ2n) is 8.25. The number of guanidine groups is 4. The maximum absolute atomic E-state index is 5.89. The third-order valence-electron chi connectivity index (χ3n) is 4.62. The monoisotopic (exact) mass is 424 g/mol. The zero-order valence-corrected chi connectivity index (χ0v) is 18.5. The van der Waals surface area contributed by atoms with Gasteiger partial charge in [-0.1, -0.05) is 25.7 Å². The van der Waals surface area contributed by atoms with E-state index < -0.39 is 11.3 Å². The van der Waals surface area contributed by atoms with Crippen molar-refractivity contribution in [3.8, 4) is 0 Å². The highest BCUT2D eigenvalue weighted by molar-refractivity contribution is 5.95. The van der Waals surface area contributed by atoms with Crippen LogP contribution in [0.25, 0.3) is 0 Å². The van der Waals surface area contributed by atoms with Crippen molar-refractivity contribution in [2.24, 2.45) is 42.9 Å². The Morgan fingerprint density at radius 1 is 0.633 bits per heavy atom. The third-order valence-corrected chi connectivity index (χ3v) is 4.62. The fraction of sp³-hybridized carbons (Fsp3) is 0.778. The Labute approximate surface area is 178 Å². The lowest BCUT2D eigenvalue weighted by molar-refractivity contribution is -0.158. The standard InChI is InChI=1S/C18H36N10O2/c1-17(2)25-13(19)23-15(21)27(17)29-11-9-7-5-6-8-10-12-30-28-16(22)24-14(20)26-18(28,3)4/h5-12H2,1-4H3,(H4,19,21,23,25)(H4,20,22,24,26). The van der Waals surface area contributed by atoms with Gasteiger partial charge < -0.3 is 22.9 Å². The van der Waals surface area contributed by atoms with E-state index in [1.54, 1.807) is 0 Å². The van der Waals surface area contributed by atoms with Gasteiger partial charge in [0.25, 0.3) is 0 Å². The molecule has 0 spiro atoms. The van der Waals surface area contributed by atoms with E-state index in [-0.39, 0.29) is 23.8 Å². The van der Waals surface area contributed by atoms with Crippen molar-refractivity contribution in [3.05, 3.63) is 0 Å². The number of aliphatic imine (C=N–C) groups is 4. The van der Waals surface area contributed by atoms with E-state index in [4.69, 9.17) is 32.6 Å². The van der Waals surface area contributed by atoms with Crippen molar-refractivity contribution < 1.29 is 9.68 Å². The lowest BCUT2D eigenvalue weighted by Gasteiger charge is -2.36. The Morgan fingerprint density at radius 2 is 0.967 bits per heavy atom. The SMILES string of the molecule is CC1(C)N=C(N)N=C(N)N1OCCCCCCCCON1C(N)=NC(N)=NC1(C)C. The molecule has 0 unspecified atom stereocenters. The van der Waals surface area contributed by atoms with Crippen LogP contribution in [0.1, 0.15) is 66.2 Å². The van der Waals surface area contributed by atoms with E-state index in [9.17, 15) is 0 Å². The van der Waals surface area contributed by atoms with Crippen LogP contribution in [-0.2, 0) is 9.68 Å². The number of hydrogen-bond acceptors (Lipinski definition) is 12. The topological polar surface area (TPSA) is 178 Å². The van der Waals surface area contributed by atoms with Crippen molar-refractivity contribution in [1.82, 2.24) is 10.1 Å². The van der Waals surface area contributed by atoms with Crippen LogP contribution in [0.3, 0.4) is 0 Å². The van der Waals surface area contributed by atoms with Crippen molar-refractivity contribution in [1.29, 1.82) is 0 Å². The summed E-state index contributed by atoms with van der Waals surface area (Å²) in [6.45, 7) is 8.57. The maximum Gasteiger partial charge on any atom is 0.226 e. The summed E-state index contributed by atoms with van der Waals surface area (Å²) in [5.74, 6) is 0.779. The first-order valence-corrected chi connectivity index (χ1v) is 10.3. The molecule has 8 N–H and O–H groups in total. The average Bonchev–Trinajstić information content (AvgIpc) is 2.58. The third kappa shape index (κ3) is 6.46. The lowest BCUT2D eigenvalue weighted by atomic mass is 10.1. The minimum Gasteiger partial charge on any atom is -0.368 e. The summed E-state index contributed by atoms with van der Waals surface area (Å²) in [6.07, 6.45) is 6.19. The van der Waals surface area contributed by atoms with Gasteiger partial charge in [-0.3, -0.25) is 9.68 Å². The molecule has 170 valence electrons. The molecule has 2 heterocycles. The Hall–Kier alpha value is -2.60. The van der Waals surface area contributed by atoms with Gasteiger partial charge in [-0.15, -0.1) is 0 Å². The highest BCUT2D eigenvalue weighted by atomic mass is 16.7. The van der Waals surface area contributed by atoms with Gasteiger partial charge in [-0.05, 0) is 40.5 Å². The summed E-state index contributed by atoms with van der Waals surface area (Å²) in [5, 5.41) is 3.02. The minimum absolute atomic E-state index is 0.164. The first-order chi connectivity index (χ1) is 14.0. The van der Waals surface area contributed by atoms with Gasteiger partial charge in [0.05, 0.1) is 13.2 Å². The molecule has 0 atom stereocenters. The van der Waals surface area contributed by atoms with Crippen molar-refractivity contribution >= 4 is 23.8 Å². The highest BCUT2D eigenvalue weighted by Gasteiger charge is 2.33. The van der Waals surface area contributed by atoms with Crippen LogP contribution in [0.5, 0.6) is 0 Å². The van der Waals surface area contributed by atoms with Gasteiger partial charge in [0.2, 0.25) is 23.8 Å². The second kappa shape index (κ2) is 9.94. The van der Waals surface area contributed by atoms with Crippen LogP contribution in [-0.4, -0.2) is 58.5 Å². The van der Waals surface area contributed by atoms with Crippen LogP contribution in [0.15, 0.2) is 20.0 Å². The Morgan fingerprint density at radius 3 is 1.30 bits per heavy atom. The molecule has 0 radical (unpaired) electrons. The Kier molecular flexibility index (Phi) is 7.84. The maximum atomic E-state index is 5.89. The molecule has 0 amide bonds. The largest absolute Gasteiger partial charge is 0.368 e. The molecule has 2 aliphatic rings. The van der Waals surface area contributed by atoms with E-state index >= 15 is 0 Å². The summed E-state index contributed by atoms with van der Waals surface area (Å²) in [7, 11) is 0. The van der Waals surface area contributed by atoms with Gasteiger partial charge in [-0.2, -0.15) is 20.1 Å². The molecule has 12 nitrogen and oxygen atoms in total. The molecular weight excluding hydrogens is 388 g/mol. The first-order valence-electron chi connectivity index (χ1n) is 10.3. The molecule has 0 aromatic carbocycles. The van der Waals surface area contributed by atoms with E-state index in [2.05, 4.69) is 20.0 Å². The van der Waals surface area contributed by atoms with Crippen molar-refractivity contribution in [2.75, 3.05) is 13.2 Å². The molecule has 2 aliphatic heterocycles. The van der Waals surface area contributed by atoms with Crippen molar-refractivity contribution in [3.63, 3.8) is 0 Å². The van der Waals surface area contributed by atoms with Crippen molar-refractivity contribution in [2.45, 2.75) is 77.5 Å². The Balaban J connectivity index is 1.53.